The fraction of sp³-hybridized carbons (Fsp3) is 0.167. The molecule has 6 nitrogen and oxygen atoms in total. The molecule has 3 aromatic rings. The van der Waals surface area contributed by atoms with Gasteiger partial charge in [0, 0.05) is 16.9 Å². The Hall–Kier alpha value is -3.58. The molecule has 1 amide bonds. The van der Waals surface area contributed by atoms with E-state index in [-0.39, 0.29) is 5.91 Å². The Morgan fingerprint density at radius 2 is 1.74 bits per heavy atom. The summed E-state index contributed by atoms with van der Waals surface area (Å²) >= 11 is 5.42. The molecular weight excluding hydrogens is 410 g/mol. The minimum Gasteiger partial charge on any atom is -0.497 e. The molecule has 0 saturated heterocycles. The van der Waals surface area contributed by atoms with Gasteiger partial charge in [0.05, 0.1) is 25.8 Å². The second-order valence-corrected chi connectivity index (χ2v) is 7.56. The molecule has 0 aromatic heterocycles. The fourth-order valence-corrected chi connectivity index (χ4v) is 4.11. The average Bonchev–Trinajstić information content (AvgIpc) is 2.78. The van der Waals surface area contributed by atoms with E-state index in [1.54, 1.807) is 38.5 Å². The first-order valence-corrected chi connectivity index (χ1v) is 10.2. The summed E-state index contributed by atoms with van der Waals surface area (Å²) in [7, 11) is 3.23. The number of rotatable bonds is 5. The summed E-state index contributed by atoms with van der Waals surface area (Å²) in [5.74, 6) is 1.17. The van der Waals surface area contributed by atoms with Crippen molar-refractivity contribution in [2.45, 2.75) is 13.0 Å². The molecule has 0 spiro atoms. The van der Waals surface area contributed by atoms with Crippen LogP contribution < -0.4 is 25.4 Å². The van der Waals surface area contributed by atoms with Crippen molar-refractivity contribution in [3.8, 4) is 11.5 Å². The molecule has 7 heteroatoms. The van der Waals surface area contributed by atoms with Crippen molar-refractivity contribution in [2.75, 3.05) is 19.5 Å². The quantitative estimate of drug-likeness (QED) is 0.522. The maximum atomic E-state index is 13.4. The number of thiocarbonyl (C=S) groups is 1. The summed E-state index contributed by atoms with van der Waals surface area (Å²) in [6, 6.07) is 18.7. The summed E-state index contributed by atoms with van der Waals surface area (Å²) < 4.78 is 10.9. The van der Waals surface area contributed by atoms with E-state index in [0.29, 0.717) is 27.8 Å². The van der Waals surface area contributed by atoms with Crippen LogP contribution in [0.15, 0.2) is 71.9 Å². The first kappa shape index (κ1) is 20.7. The Morgan fingerprint density at radius 1 is 1.00 bits per heavy atom. The van der Waals surface area contributed by atoms with Gasteiger partial charge in [0.15, 0.2) is 5.11 Å². The van der Waals surface area contributed by atoms with Gasteiger partial charge in [0.25, 0.3) is 5.91 Å². The third kappa shape index (κ3) is 4.04. The Balaban J connectivity index is 1.79. The molecule has 0 saturated carbocycles. The molecule has 3 aromatic carbocycles. The van der Waals surface area contributed by atoms with E-state index in [1.165, 1.54) is 0 Å². The molecule has 1 aliphatic heterocycles. The number of fused-ring (bicyclic) bond motifs is 1. The lowest BCUT2D eigenvalue weighted by atomic mass is 9.90. The van der Waals surface area contributed by atoms with Crippen molar-refractivity contribution in [1.82, 2.24) is 10.6 Å². The number of hydrogen-bond donors (Lipinski definition) is 3. The zero-order chi connectivity index (χ0) is 22.0. The monoisotopic (exact) mass is 433 g/mol. The Morgan fingerprint density at radius 3 is 2.45 bits per heavy atom. The van der Waals surface area contributed by atoms with Crippen LogP contribution in [-0.2, 0) is 4.79 Å². The molecule has 0 aliphatic carbocycles. The lowest BCUT2D eigenvalue weighted by molar-refractivity contribution is -0.113. The average molecular weight is 434 g/mol. The Labute approximate surface area is 186 Å². The molecular formula is C24H23N3O3S. The second kappa shape index (κ2) is 8.65. The summed E-state index contributed by atoms with van der Waals surface area (Å²) in [5.41, 5.74) is 2.76. The van der Waals surface area contributed by atoms with Crippen LogP contribution in [-0.4, -0.2) is 25.2 Å². The van der Waals surface area contributed by atoms with Crippen molar-refractivity contribution in [1.29, 1.82) is 0 Å². The summed E-state index contributed by atoms with van der Waals surface area (Å²) in [6.45, 7) is 1.85. The molecule has 0 bridgehead atoms. The predicted molar refractivity (Wildman–Crippen MR) is 126 cm³/mol. The van der Waals surface area contributed by atoms with Crippen LogP contribution in [0.25, 0.3) is 10.8 Å². The lowest BCUT2D eigenvalue weighted by Gasteiger charge is -2.32. The van der Waals surface area contributed by atoms with Crippen molar-refractivity contribution in [3.63, 3.8) is 0 Å². The number of carbonyl (C=O) groups excluding carboxylic acids is 1. The molecule has 3 N–H and O–H groups in total. The zero-order valence-corrected chi connectivity index (χ0v) is 18.3. The highest BCUT2D eigenvalue weighted by atomic mass is 32.1. The van der Waals surface area contributed by atoms with E-state index in [4.69, 9.17) is 21.7 Å². The first-order chi connectivity index (χ1) is 15.0. The first-order valence-electron chi connectivity index (χ1n) is 9.81. The van der Waals surface area contributed by atoms with Gasteiger partial charge in [0.2, 0.25) is 0 Å². The molecule has 158 valence electrons. The maximum absolute atomic E-state index is 13.4. The lowest BCUT2D eigenvalue weighted by Crippen LogP contribution is -2.46. The van der Waals surface area contributed by atoms with Gasteiger partial charge in [-0.1, -0.05) is 30.3 Å². The molecule has 0 fully saturated rings. The molecule has 1 heterocycles. The van der Waals surface area contributed by atoms with Crippen LogP contribution >= 0.6 is 12.2 Å². The van der Waals surface area contributed by atoms with Crippen molar-refractivity contribution >= 4 is 39.7 Å². The number of hydrogen-bond acceptors (Lipinski definition) is 4. The van der Waals surface area contributed by atoms with Gasteiger partial charge < -0.3 is 25.4 Å². The summed E-state index contributed by atoms with van der Waals surface area (Å²) in [5, 5.41) is 11.8. The van der Waals surface area contributed by atoms with Gasteiger partial charge in [-0.3, -0.25) is 4.79 Å². The van der Waals surface area contributed by atoms with Crippen molar-refractivity contribution in [3.05, 3.63) is 77.5 Å². The number of nitrogens with one attached hydrogen (secondary N) is 3. The van der Waals surface area contributed by atoms with Crippen LogP contribution in [0.1, 0.15) is 18.5 Å². The van der Waals surface area contributed by atoms with Crippen LogP contribution in [0.3, 0.4) is 0 Å². The van der Waals surface area contributed by atoms with Crippen molar-refractivity contribution < 1.29 is 14.3 Å². The van der Waals surface area contributed by atoms with Crippen molar-refractivity contribution in [2.24, 2.45) is 0 Å². The Bertz CT molecular complexity index is 1190. The van der Waals surface area contributed by atoms with E-state index in [9.17, 15) is 4.79 Å². The normalized spacial score (nSPS) is 15.8. The number of methoxy groups -OCH3 is 2. The number of allylic oxidation sites excluding steroid dienone is 1. The van der Waals surface area contributed by atoms with Crippen LogP contribution in [0.4, 0.5) is 5.69 Å². The SMILES string of the molecule is COc1ccc(NC(=O)C2=C(C)NC(=S)NC2c2c(OC)ccc3ccccc23)cc1. The largest absolute Gasteiger partial charge is 0.497 e. The van der Waals surface area contributed by atoms with E-state index in [0.717, 1.165) is 22.1 Å². The number of benzene rings is 3. The van der Waals surface area contributed by atoms with E-state index < -0.39 is 6.04 Å². The van der Waals surface area contributed by atoms with Gasteiger partial charge in [-0.15, -0.1) is 0 Å². The minimum atomic E-state index is -0.479. The minimum absolute atomic E-state index is 0.231. The number of ether oxygens (including phenoxy) is 2. The molecule has 31 heavy (non-hydrogen) atoms. The van der Waals surface area contributed by atoms with Gasteiger partial charge >= 0.3 is 0 Å². The predicted octanol–water partition coefficient (Wildman–Crippen LogP) is 4.29. The number of anilines is 1. The molecule has 0 radical (unpaired) electrons. The highest BCUT2D eigenvalue weighted by Gasteiger charge is 2.33. The van der Waals surface area contributed by atoms with Gasteiger partial charge in [-0.25, -0.2) is 0 Å². The summed E-state index contributed by atoms with van der Waals surface area (Å²) in [6.07, 6.45) is 0. The highest BCUT2D eigenvalue weighted by Crippen LogP contribution is 2.38. The maximum Gasteiger partial charge on any atom is 0.255 e. The molecule has 1 atom stereocenters. The smallest absolute Gasteiger partial charge is 0.255 e. The van der Waals surface area contributed by atoms with E-state index in [2.05, 4.69) is 16.0 Å². The van der Waals surface area contributed by atoms with E-state index >= 15 is 0 Å². The highest BCUT2D eigenvalue weighted by molar-refractivity contribution is 7.80. The number of amides is 1. The Kier molecular flexibility index (Phi) is 5.77. The fourth-order valence-electron chi connectivity index (χ4n) is 3.84. The topological polar surface area (TPSA) is 71.6 Å². The standard InChI is InChI=1S/C24H23N3O3S/c1-14-20(23(28)26-16-9-11-17(29-2)12-10-16)22(27-24(31)25-14)21-18-7-5-4-6-15(18)8-13-19(21)30-3/h4-13,22H,1-3H3,(H,26,28)(H2,25,27,31). The summed E-state index contributed by atoms with van der Waals surface area (Å²) in [4.78, 5) is 13.4. The van der Waals surface area contributed by atoms with E-state index in [1.807, 2.05) is 43.3 Å². The molecule has 1 unspecified atom stereocenters. The van der Waals surface area contributed by atoms with Gasteiger partial charge in [0.1, 0.15) is 11.5 Å². The molecule has 4 rings (SSSR count). The second-order valence-electron chi connectivity index (χ2n) is 7.16. The van der Waals surface area contributed by atoms with Crippen LogP contribution in [0, 0.1) is 0 Å². The molecule has 1 aliphatic rings. The van der Waals surface area contributed by atoms with Gasteiger partial charge in [-0.2, -0.15) is 0 Å². The third-order valence-electron chi connectivity index (χ3n) is 5.30. The third-order valence-corrected chi connectivity index (χ3v) is 5.52. The zero-order valence-electron chi connectivity index (χ0n) is 17.5. The van der Waals surface area contributed by atoms with Crippen LogP contribution in [0.5, 0.6) is 11.5 Å². The number of carbonyl (C=O) groups is 1. The van der Waals surface area contributed by atoms with Crippen LogP contribution in [0.2, 0.25) is 0 Å². The van der Waals surface area contributed by atoms with Gasteiger partial charge in [-0.05, 0) is 60.2 Å².